The number of hydrogen-bond donors (Lipinski definition) is 1. The predicted octanol–water partition coefficient (Wildman–Crippen LogP) is 0.392. The van der Waals surface area contributed by atoms with Crippen LogP contribution in [-0.4, -0.2) is 62.4 Å². The first-order chi connectivity index (χ1) is 8.75. The van der Waals surface area contributed by atoms with Crippen molar-refractivity contribution < 1.29 is 14.3 Å². The van der Waals surface area contributed by atoms with Crippen LogP contribution in [0.15, 0.2) is 0 Å². The highest BCUT2D eigenvalue weighted by Gasteiger charge is 2.21. The first-order valence-electron chi connectivity index (χ1n) is 6.97. The Morgan fingerprint density at radius 3 is 2.94 bits per heavy atom. The van der Waals surface area contributed by atoms with E-state index in [1.165, 1.54) is 0 Å². The van der Waals surface area contributed by atoms with Crippen LogP contribution < -0.4 is 5.32 Å². The minimum atomic E-state index is 0.160. The molecule has 0 saturated carbocycles. The third-order valence-corrected chi connectivity index (χ3v) is 3.55. The predicted molar refractivity (Wildman–Crippen MR) is 68.5 cm³/mol. The molecule has 5 nitrogen and oxygen atoms in total. The third kappa shape index (κ3) is 4.23. The molecule has 1 atom stereocenters. The molecule has 0 aromatic rings. The number of hydrogen-bond acceptors (Lipinski definition) is 4. The number of amides is 1. The molecule has 2 saturated heterocycles. The van der Waals surface area contributed by atoms with Crippen molar-refractivity contribution >= 4 is 5.91 Å². The van der Waals surface area contributed by atoms with Gasteiger partial charge in [0.25, 0.3) is 0 Å². The summed E-state index contributed by atoms with van der Waals surface area (Å²) < 4.78 is 11.2. The average molecular weight is 256 g/mol. The van der Waals surface area contributed by atoms with Crippen LogP contribution in [0.1, 0.15) is 26.2 Å². The van der Waals surface area contributed by atoms with Crippen molar-refractivity contribution in [1.29, 1.82) is 0 Å². The van der Waals surface area contributed by atoms with E-state index >= 15 is 0 Å². The van der Waals surface area contributed by atoms with Gasteiger partial charge in [0, 0.05) is 13.1 Å². The topological polar surface area (TPSA) is 50.8 Å². The number of nitrogens with zero attached hydrogens (tertiary/aromatic N) is 1. The Hall–Kier alpha value is -0.650. The molecule has 0 spiro atoms. The molecule has 0 aromatic heterocycles. The van der Waals surface area contributed by atoms with Crippen molar-refractivity contribution in [2.45, 2.75) is 38.4 Å². The van der Waals surface area contributed by atoms with Gasteiger partial charge >= 0.3 is 0 Å². The maximum Gasteiger partial charge on any atom is 0.225 e. The Morgan fingerprint density at radius 1 is 1.44 bits per heavy atom. The molecule has 2 heterocycles. The molecule has 0 aromatic carbocycles. The maximum absolute atomic E-state index is 12.0. The molecule has 0 aliphatic carbocycles. The van der Waals surface area contributed by atoms with E-state index in [0.29, 0.717) is 32.3 Å². The fraction of sp³-hybridized carbons (Fsp3) is 0.923. The fourth-order valence-electron chi connectivity index (χ4n) is 2.48. The molecule has 0 bridgehead atoms. The molecule has 2 fully saturated rings. The Labute approximate surface area is 109 Å². The molecule has 18 heavy (non-hydrogen) atoms. The van der Waals surface area contributed by atoms with E-state index in [4.69, 9.17) is 9.47 Å². The Morgan fingerprint density at radius 2 is 2.22 bits per heavy atom. The first-order valence-corrected chi connectivity index (χ1v) is 6.97. The first kappa shape index (κ1) is 13.8. The monoisotopic (exact) mass is 256 g/mol. The van der Waals surface area contributed by atoms with Crippen molar-refractivity contribution in [3.63, 3.8) is 0 Å². The Balaban J connectivity index is 1.61. The second-order valence-corrected chi connectivity index (χ2v) is 5.09. The van der Waals surface area contributed by atoms with Crippen LogP contribution in [0, 0.1) is 0 Å². The molecule has 2 aliphatic rings. The van der Waals surface area contributed by atoms with E-state index in [1.54, 1.807) is 0 Å². The van der Waals surface area contributed by atoms with E-state index in [2.05, 4.69) is 5.32 Å². The van der Waals surface area contributed by atoms with Crippen LogP contribution in [0.2, 0.25) is 0 Å². The van der Waals surface area contributed by atoms with Gasteiger partial charge in [-0.15, -0.1) is 0 Å². The highest BCUT2D eigenvalue weighted by atomic mass is 16.5. The van der Waals surface area contributed by atoms with Gasteiger partial charge in [-0.25, -0.2) is 0 Å². The lowest BCUT2D eigenvalue weighted by Gasteiger charge is -2.31. The zero-order valence-electron chi connectivity index (χ0n) is 11.2. The molecule has 5 heteroatoms. The maximum atomic E-state index is 12.0. The standard InChI is InChI=1S/C13H24N2O3/c1-11-10-15(7-9-17-11)13(16)4-8-18-12-2-5-14-6-3-12/h11-12,14H,2-10H2,1H3. The highest BCUT2D eigenvalue weighted by molar-refractivity contribution is 5.76. The van der Waals surface area contributed by atoms with Gasteiger partial charge in [-0.1, -0.05) is 0 Å². The number of nitrogens with one attached hydrogen (secondary N) is 1. The van der Waals surface area contributed by atoms with Crippen molar-refractivity contribution in [2.75, 3.05) is 39.4 Å². The average Bonchev–Trinajstić information content (AvgIpc) is 2.40. The summed E-state index contributed by atoms with van der Waals surface area (Å²) in [4.78, 5) is 13.9. The van der Waals surface area contributed by atoms with Gasteiger partial charge < -0.3 is 19.7 Å². The minimum absolute atomic E-state index is 0.160. The Bertz CT molecular complexity index is 267. The number of carbonyl (C=O) groups is 1. The van der Waals surface area contributed by atoms with E-state index in [1.807, 2.05) is 11.8 Å². The fourth-order valence-corrected chi connectivity index (χ4v) is 2.48. The third-order valence-electron chi connectivity index (χ3n) is 3.55. The molecule has 2 aliphatic heterocycles. The summed E-state index contributed by atoms with van der Waals surface area (Å²) in [5.74, 6) is 0.194. The van der Waals surface area contributed by atoms with Crippen molar-refractivity contribution in [2.24, 2.45) is 0 Å². The van der Waals surface area contributed by atoms with E-state index in [-0.39, 0.29) is 12.0 Å². The van der Waals surface area contributed by atoms with Crippen LogP contribution in [0.4, 0.5) is 0 Å². The van der Waals surface area contributed by atoms with Gasteiger partial charge in [0.1, 0.15) is 0 Å². The zero-order chi connectivity index (χ0) is 12.8. The summed E-state index contributed by atoms with van der Waals surface area (Å²) in [6.07, 6.45) is 3.11. The molecule has 1 N–H and O–H groups in total. The normalized spacial score (nSPS) is 26.3. The van der Waals surface area contributed by atoms with E-state index < -0.39 is 0 Å². The lowest BCUT2D eigenvalue weighted by atomic mass is 10.1. The molecule has 104 valence electrons. The number of morpholine rings is 1. The summed E-state index contributed by atoms with van der Waals surface area (Å²) in [7, 11) is 0. The van der Waals surface area contributed by atoms with Crippen LogP contribution in [0.3, 0.4) is 0 Å². The SMILES string of the molecule is CC1CN(C(=O)CCOC2CCNCC2)CCO1. The van der Waals surface area contributed by atoms with Gasteiger partial charge in [-0.05, 0) is 32.9 Å². The van der Waals surface area contributed by atoms with Gasteiger partial charge in [-0.3, -0.25) is 4.79 Å². The zero-order valence-corrected chi connectivity index (χ0v) is 11.2. The van der Waals surface area contributed by atoms with Gasteiger partial charge in [0.15, 0.2) is 0 Å². The summed E-state index contributed by atoms with van der Waals surface area (Å²) in [5, 5.41) is 3.30. The smallest absolute Gasteiger partial charge is 0.225 e. The van der Waals surface area contributed by atoms with E-state index in [9.17, 15) is 4.79 Å². The molecule has 0 radical (unpaired) electrons. The lowest BCUT2D eigenvalue weighted by molar-refractivity contribution is -0.139. The van der Waals surface area contributed by atoms with Gasteiger partial charge in [0.05, 0.1) is 31.8 Å². The van der Waals surface area contributed by atoms with Gasteiger partial charge in [0.2, 0.25) is 5.91 Å². The number of ether oxygens (including phenoxy) is 2. The molecular formula is C13H24N2O3. The quantitative estimate of drug-likeness (QED) is 0.790. The molecule has 1 amide bonds. The lowest BCUT2D eigenvalue weighted by Crippen LogP contribution is -2.44. The largest absolute Gasteiger partial charge is 0.378 e. The molecular weight excluding hydrogens is 232 g/mol. The molecule has 1 unspecified atom stereocenters. The van der Waals surface area contributed by atoms with Crippen molar-refractivity contribution in [1.82, 2.24) is 10.2 Å². The Kier molecular flexibility index (Phi) is 5.41. The molecule has 2 rings (SSSR count). The second kappa shape index (κ2) is 7.07. The number of rotatable bonds is 4. The van der Waals surface area contributed by atoms with Crippen LogP contribution in [0.25, 0.3) is 0 Å². The number of piperidine rings is 1. The van der Waals surface area contributed by atoms with Crippen molar-refractivity contribution in [3.8, 4) is 0 Å². The van der Waals surface area contributed by atoms with E-state index in [0.717, 1.165) is 32.5 Å². The van der Waals surface area contributed by atoms with Crippen LogP contribution in [0.5, 0.6) is 0 Å². The second-order valence-electron chi connectivity index (χ2n) is 5.09. The number of carbonyl (C=O) groups excluding carboxylic acids is 1. The summed E-state index contributed by atoms with van der Waals surface area (Å²) in [5.41, 5.74) is 0. The van der Waals surface area contributed by atoms with Gasteiger partial charge in [-0.2, -0.15) is 0 Å². The van der Waals surface area contributed by atoms with Crippen LogP contribution >= 0.6 is 0 Å². The summed E-state index contributed by atoms with van der Waals surface area (Å²) in [6.45, 7) is 6.70. The summed E-state index contributed by atoms with van der Waals surface area (Å²) in [6, 6.07) is 0. The van der Waals surface area contributed by atoms with Crippen molar-refractivity contribution in [3.05, 3.63) is 0 Å². The van der Waals surface area contributed by atoms with Crippen LogP contribution in [-0.2, 0) is 14.3 Å². The highest BCUT2D eigenvalue weighted by Crippen LogP contribution is 2.09. The minimum Gasteiger partial charge on any atom is -0.378 e. The summed E-state index contributed by atoms with van der Waals surface area (Å²) >= 11 is 0.